The topological polar surface area (TPSA) is 78.9 Å². The number of hydrogen-bond acceptors (Lipinski definition) is 6. The molecule has 0 bridgehead atoms. The minimum atomic E-state index is -0.795. The summed E-state index contributed by atoms with van der Waals surface area (Å²) >= 11 is 0. The molecule has 0 radical (unpaired) electrons. The minimum Gasteiger partial charge on any atom is -0.462 e. The highest BCUT2D eigenvalue weighted by Crippen LogP contribution is 2.16. The van der Waals surface area contributed by atoms with E-state index in [1.54, 1.807) is 0 Å². The first-order chi connectivity index (χ1) is 39.0. The van der Waals surface area contributed by atoms with Gasteiger partial charge in [0, 0.05) is 19.3 Å². The van der Waals surface area contributed by atoms with Crippen LogP contribution in [0.4, 0.5) is 0 Å². The van der Waals surface area contributed by atoms with Gasteiger partial charge in [-0.15, -0.1) is 0 Å². The number of ether oxygens (including phenoxy) is 3. The molecule has 6 nitrogen and oxygen atoms in total. The SMILES string of the molecule is CC/C=C\C/C=C\C/C=C\C/C=C\C/C=C\CCCCCCCCCCCCCC(=O)OCC(COC(=O)CCCCCCC/C=C\C/C=C\CCC)OC(=O)CCCCCCCCCC/C=C\C/C=C\C/C=C\C/C=C\CC. The molecule has 0 aromatic rings. The van der Waals surface area contributed by atoms with Crippen molar-refractivity contribution >= 4 is 17.9 Å². The van der Waals surface area contributed by atoms with Gasteiger partial charge in [-0.25, -0.2) is 0 Å². The van der Waals surface area contributed by atoms with E-state index in [1.165, 1.54) is 96.3 Å². The van der Waals surface area contributed by atoms with Crippen LogP contribution in [0, 0.1) is 0 Å². The Hall–Kier alpha value is -4.45. The fraction of sp³-hybridized carbons (Fsp3) is 0.658. The van der Waals surface area contributed by atoms with Gasteiger partial charge in [-0.3, -0.25) is 14.4 Å². The van der Waals surface area contributed by atoms with Gasteiger partial charge in [0.1, 0.15) is 13.2 Å². The number of allylic oxidation sites excluding steroid dienone is 22. The lowest BCUT2D eigenvalue weighted by Gasteiger charge is -2.18. The van der Waals surface area contributed by atoms with Crippen molar-refractivity contribution in [1.82, 2.24) is 0 Å². The molecule has 0 rings (SSSR count). The maximum Gasteiger partial charge on any atom is 0.306 e. The maximum absolute atomic E-state index is 12.9. The average Bonchev–Trinajstić information content (AvgIpc) is 3.45. The van der Waals surface area contributed by atoms with Crippen LogP contribution in [0.1, 0.15) is 290 Å². The number of hydrogen-bond donors (Lipinski definition) is 0. The van der Waals surface area contributed by atoms with Crippen molar-refractivity contribution in [2.45, 2.75) is 297 Å². The average molecular weight is 1090 g/mol. The molecule has 0 spiro atoms. The van der Waals surface area contributed by atoms with Crippen LogP contribution >= 0.6 is 0 Å². The van der Waals surface area contributed by atoms with E-state index in [9.17, 15) is 14.4 Å². The molecule has 1 atom stereocenters. The third-order valence-corrected chi connectivity index (χ3v) is 13.6. The lowest BCUT2D eigenvalue weighted by molar-refractivity contribution is -0.167. The van der Waals surface area contributed by atoms with Gasteiger partial charge in [0.15, 0.2) is 6.10 Å². The van der Waals surface area contributed by atoms with Crippen LogP contribution in [0.5, 0.6) is 0 Å². The van der Waals surface area contributed by atoms with Crippen molar-refractivity contribution in [1.29, 1.82) is 0 Å². The summed E-state index contributed by atoms with van der Waals surface area (Å²) in [6, 6.07) is 0. The lowest BCUT2D eigenvalue weighted by atomic mass is 10.0. The second-order valence-electron chi connectivity index (χ2n) is 21.3. The lowest BCUT2D eigenvalue weighted by Crippen LogP contribution is -2.30. The molecule has 0 aromatic carbocycles. The summed E-state index contributed by atoms with van der Waals surface area (Å²) in [6.45, 7) is 6.34. The minimum absolute atomic E-state index is 0.0903. The predicted octanol–water partition coefficient (Wildman–Crippen LogP) is 22.5. The first kappa shape index (κ1) is 74.5. The Morgan fingerprint density at radius 1 is 0.266 bits per heavy atom. The molecular weight excluding hydrogens is 973 g/mol. The van der Waals surface area contributed by atoms with E-state index in [1.807, 2.05) is 0 Å². The fourth-order valence-corrected chi connectivity index (χ4v) is 8.79. The van der Waals surface area contributed by atoms with Crippen LogP contribution in [0.3, 0.4) is 0 Å². The smallest absolute Gasteiger partial charge is 0.306 e. The predicted molar refractivity (Wildman–Crippen MR) is 343 cm³/mol. The normalized spacial score (nSPS) is 13.0. The van der Waals surface area contributed by atoms with Gasteiger partial charge in [-0.1, -0.05) is 276 Å². The summed E-state index contributed by atoms with van der Waals surface area (Å²) in [4.78, 5) is 38.3. The molecule has 0 heterocycles. The van der Waals surface area contributed by atoms with E-state index in [0.29, 0.717) is 19.3 Å². The Balaban J connectivity index is 4.34. The third kappa shape index (κ3) is 64.3. The van der Waals surface area contributed by atoms with Crippen molar-refractivity contribution in [2.24, 2.45) is 0 Å². The van der Waals surface area contributed by atoms with E-state index >= 15 is 0 Å². The number of esters is 3. The fourth-order valence-electron chi connectivity index (χ4n) is 8.79. The van der Waals surface area contributed by atoms with Gasteiger partial charge >= 0.3 is 17.9 Å². The summed E-state index contributed by atoms with van der Waals surface area (Å²) in [6.07, 6.45) is 93.1. The second kappa shape index (κ2) is 66.1. The molecule has 0 saturated heterocycles. The highest BCUT2D eigenvalue weighted by Gasteiger charge is 2.19. The van der Waals surface area contributed by atoms with Gasteiger partial charge in [0.25, 0.3) is 0 Å². The first-order valence-corrected chi connectivity index (χ1v) is 32.7. The highest BCUT2D eigenvalue weighted by molar-refractivity contribution is 5.71. The van der Waals surface area contributed by atoms with Crippen LogP contribution in [-0.4, -0.2) is 37.2 Å². The zero-order chi connectivity index (χ0) is 57.1. The van der Waals surface area contributed by atoms with Gasteiger partial charge in [0.2, 0.25) is 0 Å². The number of carbonyl (C=O) groups excluding carboxylic acids is 3. The zero-order valence-corrected chi connectivity index (χ0v) is 51.3. The summed E-state index contributed by atoms with van der Waals surface area (Å²) in [7, 11) is 0. The molecular formula is C73H120O6. The van der Waals surface area contributed by atoms with E-state index in [-0.39, 0.29) is 31.1 Å². The Kier molecular flexibility index (Phi) is 62.3. The zero-order valence-electron chi connectivity index (χ0n) is 51.3. The first-order valence-electron chi connectivity index (χ1n) is 32.7. The van der Waals surface area contributed by atoms with Gasteiger partial charge in [-0.05, 0) is 128 Å². The number of rotatable bonds is 58. The standard InChI is InChI=1S/C73H120O6/c1-4-7-10-13-16-19-22-25-27-29-31-33-34-35-36-37-38-40-41-43-45-48-51-54-57-60-63-66-72(75)78-69-70(68-77-71(74)65-62-59-56-53-50-47-24-21-18-15-12-9-6-3)79-73(76)67-64-61-58-55-52-49-46-44-42-39-32-30-28-26-23-20-17-14-11-8-5-2/h7-8,10-12,15-17,19-21,24-28,31-33,35-36,39,70H,4-6,9,13-14,18,22-23,29-30,34,37-38,40-69H2,1-3H3/b10-7-,11-8-,15-12-,19-16-,20-17-,24-21-,27-25-,28-26-,33-31-,36-35-,39-32-. The molecule has 0 saturated carbocycles. The molecule has 0 N–H and O–H groups in total. The summed E-state index contributed by atoms with van der Waals surface area (Å²) in [5.74, 6) is -0.912. The van der Waals surface area contributed by atoms with Crippen LogP contribution in [-0.2, 0) is 28.6 Å². The van der Waals surface area contributed by atoms with Crippen molar-refractivity contribution in [3.05, 3.63) is 134 Å². The Morgan fingerprint density at radius 3 is 0.772 bits per heavy atom. The quantitative estimate of drug-likeness (QED) is 0.0261. The van der Waals surface area contributed by atoms with Gasteiger partial charge < -0.3 is 14.2 Å². The van der Waals surface area contributed by atoms with Gasteiger partial charge in [-0.2, -0.15) is 0 Å². The number of unbranched alkanes of at least 4 members (excludes halogenated alkanes) is 25. The molecule has 0 aliphatic rings. The third-order valence-electron chi connectivity index (χ3n) is 13.6. The molecule has 0 fully saturated rings. The molecule has 6 heteroatoms. The molecule has 0 aliphatic heterocycles. The maximum atomic E-state index is 12.9. The second-order valence-corrected chi connectivity index (χ2v) is 21.3. The Labute approximate surface area is 487 Å². The summed E-state index contributed by atoms with van der Waals surface area (Å²) in [5.41, 5.74) is 0. The molecule has 448 valence electrons. The van der Waals surface area contributed by atoms with Crippen LogP contribution in [0.2, 0.25) is 0 Å². The van der Waals surface area contributed by atoms with Crippen molar-refractivity contribution < 1.29 is 28.6 Å². The highest BCUT2D eigenvalue weighted by atomic mass is 16.6. The van der Waals surface area contributed by atoms with E-state index in [4.69, 9.17) is 14.2 Å². The summed E-state index contributed by atoms with van der Waals surface area (Å²) in [5, 5.41) is 0. The number of carbonyl (C=O) groups is 3. The molecule has 1 unspecified atom stereocenters. The molecule has 0 aliphatic carbocycles. The Morgan fingerprint density at radius 2 is 0.494 bits per heavy atom. The van der Waals surface area contributed by atoms with Crippen molar-refractivity contribution in [3.8, 4) is 0 Å². The van der Waals surface area contributed by atoms with E-state index < -0.39 is 6.10 Å². The van der Waals surface area contributed by atoms with Crippen LogP contribution in [0.15, 0.2) is 134 Å². The monoisotopic (exact) mass is 1090 g/mol. The van der Waals surface area contributed by atoms with E-state index in [0.717, 1.165) is 154 Å². The van der Waals surface area contributed by atoms with Crippen LogP contribution in [0.25, 0.3) is 0 Å². The van der Waals surface area contributed by atoms with Crippen molar-refractivity contribution in [2.75, 3.05) is 13.2 Å². The summed E-state index contributed by atoms with van der Waals surface area (Å²) < 4.78 is 16.9. The van der Waals surface area contributed by atoms with E-state index in [2.05, 4.69) is 154 Å². The van der Waals surface area contributed by atoms with Crippen molar-refractivity contribution in [3.63, 3.8) is 0 Å². The van der Waals surface area contributed by atoms with Gasteiger partial charge in [0.05, 0.1) is 0 Å². The molecule has 0 aromatic heterocycles. The van der Waals surface area contributed by atoms with Crippen LogP contribution < -0.4 is 0 Å². The molecule has 0 amide bonds. The Bertz CT molecular complexity index is 1680. The largest absolute Gasteiger partial charge is 0.462 e. The molecule has 79 heavy (non-hydrogen) atoms.